The van der Waals surface area contributed by atoms with Gasteiger partial charge in [0.25, 0.3) is 0 Å². The van der Waals surface area contributed by atoms with Crippen LogP contribution in [0.1, 0.15) is 30.4 Å². The first-order valence-electron chi connectivity index (χ1n) is 5.71. The quantitative estimate of drug-likeness (QED) is 0.626. The molecule has 0 aromatic heterocycles. The minimum atomic E-state index is -0.0403. The smallest absolute Gasteiger partial charge is 0.224 e. The molecule has 0 saturated heterocycles. The van der Waals surface area contributed by atoms with Crippen LogP contribution in [0.25, 0.3) is 0 Å². The minimum Gasteiger partial charge on any atom is -0.507 e. The maximum atomic E-state index is 11.6. The van der Waals surface area contributed by atoms with Crippen LogP contribution >= 0.6 is 11.6 Å². The highest BCUT2D eigenvalue weighted by Crippen LogP contribution is 2.28. The molecule has 0 heterocycles. The summed E-state index contributed by atoms with van der Waals surface area (Å²) in [4.78, 5) is 11.6. The van der Waals surface area contributed by atoms with E-state index in [1.807, 2.05) is 13.0 Å². The lowest BCUT2D eigenvalue weighted by Crippen LogP contribution is -2.12. The van der Waals surface area contributed by atoms with Gasteiger partial charge in [-0.15, -0.1) is 11.6 Å². The molecule has 0 atom stereocenters. The lowest BCUT2D eigenvalue weighted by Gasteiger charge is -2.11. The van der Waals surface area contributed by atoms with Crippen molar-refractivity contribution < 1.29 is 9.90 Å². The number of nitrogens with one attached hydrogen (secondary N) is 1. The molecule has 1 amide bonds. The Hall–Kier alpha value is -1.22. The molecule has 94 valence electrons. The standard InChI is InChI=1S/C13H18ClNO2/c1-9-6-7-11(10(2)13(9)17)15-12(16)5-3-4-8-14/h6-7,17H,3-5,8H2,1-2H3,(H,15,16). The number of hydrogen-bond donors (Lipinski definition) is 2. The predicted octanol–water partition coefficient (Wildman–Crippen LogP) is 3.36. The Morgan fingerprint density at radius 3 is 2.71 bits per heavy atom. The second-order valence-corrected chi connectivity index (χ2v) is 4.48. The molecule has 1 rings (SSSR count). The number of carbonyl (C=O) groups excluding carboxylic acids is 1. The minimum absolute atomic E-state index is 0.0403. The van der Waals surface area contributed by atoms with Crippen LogP contribution in [0.5, 0.6) is 5.75 Å². The van der Waals surface area contributed by atoms with Crippen LogP contribution in [0.3, 0.4) is 0 Å². The van der Waals surface area contributed by atoms with Gasteiger partial charge >= 0.3 is 0 Å². The molecule has 0 aliphatic carbocycles. The first-order valence-corrected chi connectivity index (χ1v) is 6.24. The summed E-state index contributed by atoms with van der Waals surface area (Å²) < 4.78 is 0. The summed E-state index contributed by atoms with van der Waals surface area (Å²) in [5, 5.41) is 12.5. The van der Waals surface area contributed by atoms with Gasteiger partial charge in [0.1, 0.15) is 5.75 Å². The fourth-order valence-corrected chi connectivity index (χ4v) is 1.75. The number of phenolic OH excluding ortho intramolecular Hbond substituents is 1. The van der Waals surface area contributed by atoms with Crippen molar-refractivity contribution in [1.82, 2.24) is 0 Å². The summed E-state index contributed by atoms with van der Waals surface area (Å²) >= 11 is 5.54. The highest BCUT2D eigenvalue weighted by molar-refractivity contribution is 6.17. The van der Waals surface area contributed by atoms with E-state index in [2.05, 4.69) is 5.32 Å². The third-order valence-corrected chi connectivity index (χ3v) is 2.96. The Morgan fingerprint density at radius 2 is 2.06 bits per heavy atom. The van der Waals surface area contributed by atoms with Crippen LogP contribution in [-0.2, 0) is 4.79 Å². The Morgan fingerprint density at radius 1 is 1.35 bits per heavy atom. The van der Waals surface area contributed by atoms with Crippen molar-refractivity contribution in [2.45, 2.75) is 33.1 Å². The molecule has 4 heteroatoms. The number of halogens is 1. The number of anilines is 1. The second-order valence-electron chi connectivity index (χ2n) is 4.10. The van der Waals surface area contributed by atoms with Crippen LogP contribution in [0.2, 0.25) is 0 Å². The molecule has 17 heavy (non-hydrogen) atoms. The summed E-state index contributed by atoms with van der Waals surface area (Å²) in [6.45, 7) is 3.62. The molecule has 1 aromatic rings. The monoisotopic (exact) mass is 255 g/mol. The second kappa shape index (κ2) is 6.50. The zero-order valence-electron chi connectivity index (χ0n) is 10.2. The van der Waals surface area contributed by atoms with Crippen molar-refractivity contribution in [3.05, 3.63) is 23.3 Å². The third-order valence-electron chi connectivity index (χ3n) is 2.69. The number of alkyl halides is 1. The van der Waals surface area contributed by atoms with Gasteiger partial charge in [-0.2, -0.15) is 0 Å². The molecule has 0 saturated carbocycles. The van der Waals surface area contributed by atoms with Gasteiger partial charge < -0.3 is 10.4 Å². The molecular formula is C13H18ClNO2. The molecule has 1 aromatic carbocycles. The topological polar surface area (TPSA) is 49.3 Å². The van der Waals surface area contributed by atoms with E-state index in [4.69, 9.17) is 11.6 Å². The van der Waals surface area contributed by atoms with Gasteiger partial charge in [-0.3, -0.25) is 4.79 Å². The van der Waals surface area contributed by atoms with Gasteiger partial charge in [0.15, 0.2) is 0 Å². The van der Waals surface area contributed by atoms with E-state index in [1.165, 1.54) is 0 Å². The third kappa shape index (κ3) is 3.93. The van der Waals surface area contributed by atoms with E-state index in [0.717, 1.165) is 18.4 Å². The number of unbranched alkanes of at least 4 members (excludes halogenated alkanes) is 1. The van der Waals surface area contributed by atoms with Crippen LogP contribution in [0, 0.1) is 13.8 Å². The number of hydrogen-bond acceptors (Lipinski definition) is 2. The SMILES string of the molecule is Cc1ccc(NC(=O)CCCCCl)c(C)c1O. The number of phenols is 1. The van der Waals surface area contributed by atoms with Crippen LogP contribution in [0.4, 0.5) is 5.69 Å². The zero-order valence-corrected chi connectivity index (χ0v) is 11.0. The number of aryl methyl sites for hydroxylation is 1. The molecule has 0 bridgehead atoms. The molecule has 0 fully saturated rings. The Bertz CT molecular complexity index is 405. The Kier molecular flexibility index (Phi) is 5.29. The largest absolute Gasteiger partial charge is 0.507 e. The highest BCUT2D eigenvalue weighted by Gasteiger charge is 2.08. The van der Waals surface area contributed by atoms with Gasteiger partial charge in [0, 0.05) is 23.6 Å². The van der Waals surface area contributed by atoms with Crippen molar-refractivity contribution in [1.29, 1.82) is 0 Å². The van der Waals surface area contributed by atoms with E-state index in [-0.39, 0.29) is 11.7 Å². The highest BCUT2D eigenvalue weighted by atomic mass is 35.5. The number of amides is 1. The van der Waals surface area contributed by atoms with Crippen LogP contribution < -0.4 is 5.32 Å². The fourth-order valence-electron chi connectivity index (χ4n) is 1.56. The molecule has 0 spiro atoms. The fraction of sp³-hybridized carbons (Fsp3) is 0.462. The number of carbonyl (C=O) groups is 1. The molecule has 0 aliphatic heterocycles. The van der Waals surface area contributed by atoms with E-state index in [9.17, 15) is 9.90 Å². The van der Waals surface area contributed by atoms with Crippen molar-refractivity contribution in [3.63, 3.8) is 0 Å². The average molecular weight is 256 g/mol. The van der Waals surface area contributed by atoms with Gasteiger partial charge in [-0.25, -0.2) is 0 Å². The summed E-state index contributed by atoms with van der Waals surface area (Å²) in [6.07, 6.45) is 2.08. The average Bonchev–Trinajstić information content (AvgIpc) is 2.30. The summed E-state index contributed by atoms with van der Waals surface area (Å²) in [5.41, 5.74) is 2.18. The van der Waals surface area contributed by atoms with Gasteiger partial charge in [0.05, 0.1) is 0 Å². The maximum absolute atomic E-state index is 11.6. The van der Waals surface area contributed by atoms with Gasteiger partial charge in [-0.05, 0) is 38.3 Å². The van der Waals surface area contributed by atoms with Gasteiger partial charge in [-0.1, -0.05) is 6.07 Å². The molecular weight excluding hydrogens is 238 g/mol. The summed E-state index contributed by atoms with van der Waals surface area (Å²) in [7, 11) is 0. The summed E-state index contributed by atoms with van der Waals surface area (Å²) in [6, 6.07) is 3.60. The molecule has 2 N–H and O–H groups in total. The van der Waals surface area contributed by atoms with Crippen LogP contribution in [-0.4, -0.2) is 16.9 Å². The summed E-state index contributed by atoms with van der Waals surface area (Å²) in [5.74, 6) is 0.780. The van der Waals surface area contributed by atoms with Gasteiger partial charge in [0.2, 0.25) is 5.91 Å². The van der Waals surface area contributed by atoms with Crippen LogP contribution in [0.15, 0.2) is 12.1 Å². The maximum Gasteiger partial charge on any atom is 0.224 e. The van der Waals surface area contributed by atoms with Crippen molar-refractivity contribution in [3.8, 4) is 5.75 Å². The normalized spacial score (nSPS) is 10.3. The van der Waals surface area contributed by atoms with E-state index in [0.29, 0.717) is 23.6 Å². The predicted molar refractivity (Wildman–Crippen MR) is 70.8 cm³/mol. The zero-order chi connectivity index (χ0) is 12.8. The van der Waals surface area contributed by atoms with Crippen molar-refractivity contribution in [2.75, 3.05) is 11.2 Å². The van der Waals surface area contributed by atoms with E-state index < -0.39 is 0 Å². The van der Waals surface area contributed by atoms with Crippen molar-refractivity contribution >= 4 is 23.2 Å². The Labute approximate surface area is 107 Å². The van der Waals surface area contributed by atoms with E-state index in [1.54, 1.807) is 13.0 Å². The number of aromatic hydroxyl groups is 1. The number of rotatable bonds is 5. The molecule has 0 radical (unpaired) electrons. The lowest BCUT2D eigenvalue weighted by atomic mass is 10.1. The first kappa shape index (κ1) is 13.8. The van der Waals surface area contributed by atoms with Crippen molar-refractivity contribution in [2.24, 2.45) is 0 Å². The lowest BCUT2D eigenvalue weighted by molar-refractivity contribution is -0.116. The first-order chi connectivity index (χ1) is 8.06. The molecule has 0 aliphatic rings. The van der Waals surface area contributed by atoms with E-state index >= 15 is 0 Å². The molecule has 0 unspecified atom stereocenters. The Balaban J connectivity index is 2.63. The molecule has 3 nitrogen and oxygen atoms in total. The number of benzene rings is 1.